The SMILES string of the molecule is CN[C@@H]1C(=O)C(C(N)=O)C(=O)[C@@]2(O)C(=O)C3C(=O)c4c(O)c(CN(C)CC(C)C)cc(N(C)C)c4C[C@H]3C[C@@H]12. The van der Waals surface area contributed by atoms with E-state index in [0.29, 0.717) is 23.6 Å². The molecule has 0 aliphatic heterocycles. The van der Waals surface area contributed by atoms with Gasteiger partial charge in [0, 0.05) is 44.4 Å². The Morgan fingerprint density at radius 3 is 2.36 bits per heavy atom. The molecule has 3 aliphatic carbocycles. The number of fused-ring (bicyclic) bond motifs is 3. The average Bonchev–Trinajstić information content (AvgIpc) is 2.82. The Balaban J connectivity index is 1.84. The number of Topliss-reactive ketones (excluding diaryl/α,β-unsaturated/α-hetero) is 4. The van der Waals surface area contributed by atoms with Crippen molar-refractivity contribution in [2.24, 2.45) is 35.3 Å². The van der Waals surface area contributed by atoms with E-state index in [-0.39, 0.29) is 24.2 Å². The number of nitrogens with one attached hydrogen (secondary N) is 1. The predicted octanol–water partition coefficient (Wildman–Crippen LogP) is -0.321. The number of primary amides is 1. The molecule has 0 spiro atoms. The second-order valence-corrected chi connectivity index (χ2v) is 11.9. The number of hydrogen-bond acceptors (Lipinski definition) is 10. The summed E-state index contributed by atoms with van der Waals surface area (Å²) in [6, 6.07) is 0.674. The van der Waals surface area contributed by atoms with Crippen LogP contribution in [-0.4, -0.2) is 90.5 Å². The summed E-state index contributed by atoms with van der Waals surface area (Å²) in [6.45, 7) is 5.27. The zero-order chi connectivity index (χ0) is 29.1. The van der Waals surface area contributed by atoms with Gasteiger partial charge in [0.25, 0.3) is 0 Å². The normalized spacial score (nSPS) is 30.3. The summed E-state index contributed by atoms with van der Waals surface area (Å²) < 4.78 is 0. The molecule has 11 heteroatoms. The molecule has 0 bridgehead atoms. The number of phenols is 1. The molecule has 1 amide bonds. The Labute approximate surface area is 227 Å². The largest absolute Gasteiger partial charge is 0.507 e. The Morgan fingerprint density at radius 1 is 1.18 bits per heavy atom. The van der Waals surface area contributed by atoms with Crippen LogP contribution in [0.3, 0.4) is 0 Å². The number of rotatable bonds is 7. The van der Waals surface area contributed by atoms with Crippen LogP contribution in [-0.2, 0) is 32.1 Å². The van der Waals surface area contributed by atoms with Gasteiger partial charge in [0.1, 0.15) is 5.75 Å². The van der Waals surface area contributed by atoms with Crippen molar-refractivity contribution in [2.75, 3.05) is 39.6 Å². The fourth-order valence-corrected chi connectivity index (χ4v) is 6.96. The van der Waals surface area contributed by atoms with E-state index in [9.17, 15) is 34.2 Å². The summed E-state index contributed by atoms with van der Waals surface area (Å²) in [5.41, 5.74) is 4.45. The first-order valence-corrected chi connectivity index (χ1v) is 13.3. The van der Waals surface area contributed by atoms with Gasteiger partial charge in [0.2, 0.25) is 5.91 Å². The minimum atomic E-state index is -2.73. The summed E-state index contributed by atoms with van der Waals surface area (Å²) in [6.07, 6.45) is 0.240. The summed E-state index contributed by atoms with van der Waals surface area (Å²) in [5, 5.41) is 25.7. The third-order valence-electron chi connectivity index (χ3n) is 8.51. The summed E-state index contributed by atoms with van der Waals surface area (Å²) >= 11 is 0. The van der Waals surface area contributed by atoms with Gasteiger partial charge in [-0.3, -0.25) is 24.0 Å². The first kappa shape index (κ1) is 28.8. The molecule has 2 saturated carbocycles. The molecule has 0 radical (unpaired) electrons. The van der Waals surface area contributed by atoms with Crippen molar-refractivity contribution in [2.45, 2.75) is 44.9 Å². The van der Waals surface area contributed by atoms with E-state index < -0.39 is 64.4 Å². The number of phenolic OH excluding ortho intramolecular Hbond substituents is 1. The fraction of sp³-hybridized carbons (Fsp3) is 0.607. The van der Waals surface area contributed by atoms with Crippen LogP contribution in [0.2, 0.25) is 0 Å². The molecule has 2 fully saturated rings. The van der Waals surface area contributed by atoms with Crippen molar-refractivity contribution in [3.63, 3.8) is 0 Å². The van der Waals surface area contributed by atoms with Crippen LogP contribution in [0, 0.1) is 29.6 Å². The van der Waals surface area contributed by atoms with E-state index in [1.165, 1.54) is 7.05 Å². The highest BCUT2D eigenvalue weighted by Gasteiger charge is 2.68. The molecule has 2 unspecified atom stereocenters. The lowest BCUT2D eigenvalue weighted by Crippen LogP contribution is -2.74. The van der Waals surface area contributed by atoms with Crippen LogP contribution in [0.1, 0.15) is 41.8 Å². The molecule has 11 nitrogen and oxygen atoms in total. The molecule has 39 heavy (non-hydrogen) atoms. The lowest BCUT2D eigenvalue weighted by atomic mass is 9.52. The molecule has 3 aliphatic rings. The smallest absolute Gasteiger partial charge is 0.235 e. The molecule has 4 rings (SSSR count). The van der Waals surface area contributed by atoms with Gasteiger partial charge in [-0.05, 0) is 50.4 Å². The van der Waals surface area contributed by atoms with Crippen molar-refractivity contribution in [3.05, 3.63) is 22.8 Å². The molecule has 1 aromatic carbocycles. The number of nitrogens with zero attached hydrogens (tertiary/aromatic N) is 2. The number of likely N-dealkylation sites (N-methyl/N-ethyl adjacent to an activating group) is 1. The Bertz CT molecular complexity index is 1260. The number of ketones is 4. The number of nitrogens with two attached hydrogens (primary N) is 1. The first-order chi connectivity index (χ1) is 18.2. The van der Waals surface area contributed by atoms with Crippen LogP contribution >= 0.6 is 0 Å². The minimum absolute atomic E-state index is 0.0130. The van der Waals surface area contributed by atoms with Crippen LogP contribution < -0.4 is 16.0 Å². The number of amides is 1. The third-order valence-corrected chi connectivity index (χ3v) is 8.51. The van der Waals surface area contributed by atoms with Gasteiger partial charge in [0.05, 0.1) is 17.5 Å². The van der Waals surface area contributed by atoms with Gasteiger partial charge < -0.3 is 31.1 Å². The third kappa shape index (κ3) is 4.36. The molecular formula is C28H38N4O7. The topological polar surface area (TPSA) is 170 Å². The van der Waals surface area contributed by atoms with E-state index in [1.807, 2.05) is 37.0 Å². The second-order valence-electron chi connectivity index (χ2n) is 11.9. The van der Waals surface area contributed by atoms with E-state index in [1.54, 1.807) is 0 Å². The standard InChI is InChI=1S/C28H38N4O7/c1-12(2)10-32(6)11-14-9-17(31(4)5)15-7-13-8-16-21(30-3)24(35)20(27(29)38)26(37)28(16,39)25(36)18(13)23(34)19(15)22(14)33/h9,12-13,16,18,20-21,30,33,39H,7-8,10-11H2,1-6H3,(H2,29,38)/t13-,16-,18?,20?,21-,28-/m0/s1. The van der Waals surface area contributed by atoms with Crippen LogP contribution in [0.25, 0.3) is 0 Å². The Morgan fingerprint density at radius 2 is 1.82 bits per heavy atom. The summed E-state index contributed by atoms with van der Waals surface area (Å²) in [5.74, 6) is -10.1. The number of aliphatic hydroxyl groups is 1. The number of hydrogen-bond donors (Lipinski definition) is 4. The number of carbonyl (C=O) groups is 5. The summed E-state index contributed by atoms with van der Waals surface area (Å²) in [7, 11) is 7.01. The first-order valence-electron chi connectivity index (χ1n) is 13.3. The number of carbonyl (C=O) groups excluding carboxylic acids is 5. The van der Waals surface area contributed by atoms with Crippen molar-refractivity contribution in [1.82, 2.24) is 10.2 Å². The Hall–Kier alpha value is -3.15. The highest BCUT2D eigenvalue weighted by Crippen LogP contribution is 2.51. The van der Waals surface area contributed by atoms with Gasteiger partial charge in [-0.15, -0.1) is 0 Å². The molecule has 0 heterocycles. The highest BCUT2D eigenvalue weighted by molar-refractivity contribution is 6.32. The van der Waals surface area contributed by atoms with Crippen LogP contribution in [0.15, 0.2) is 6.07 Å². The number of anilines is 1. The highest BCUT2D eigenvalue weighted by atomic mass is 16.3. The molecule has 1 aromatic rings. The van der Waals surface area contributed by atoms with Crippen molar-refractivity contribution < 1.29 is 34.2 Å². The fourth-order valence-electron chi connectivity index (χ4n) is 6.96. The minimum Gasteiger partial charge on any atom is -0.507 e. The summed E-state index contributed by atoms with van der Waals surface area (Å²) in [4.78, 5) is 70.1. The molecule has 0 aromatic heterocycles. The van der Waals surface area contributed by atoms with Gasteiger partial charge in [0.15, 0.2) is 34.7 Å². The predicted molar refractivity (Wildman–Crippen MR) is 142 cm³/mol. The maximum Gasteiger partial charge on any atom is 0.235 e. The van der Waals surface area contributed by atoms with Crippen molar-refractivity contribution in [1.29, 1.82) is 0 Å². The maximum atomic E-state index is 14.0. The number of aromatic hydroxyl groups is 1. The molecular weight excluding hydrogens is 504 g/mol. The molecule has 6 atom stereocenters. The van der Waals surface area contributed by atoms with Gasteiger partial charge >= 0.3 is 0 Å². The van der Waals surface area contributed by atoms with E-state index in [4.69, 9.17) is 5.73 Å². The zero-order valence-corrected chi connectivity index (χ0v) is 23.3. The zero-order valence-electron chi connectivity index (χ0n) is 23.3. The lowest BCUT2D eigenvalue weighted by Gasteiger charge is -2.51. The maximum absolute atomic E-state index is 14.0. The molecule has 5 N–H and O–H groups in total. The average molecular weight is 543 g/mol. The van der Waals surface area contributed by atoms with Crippen molar-refractivity contribution >= 4 is 34.7 Å². The quantitative estimate of drug-likeness (QED) is 0.335. The van der Waals surface area contributed by atoms with Crippen LogP contribution in [0.5, 0.6) is 5.75 Å². The molecule has 212 valence electrons. The Kier molecular flexibility index (Phi) is 7.48. The monoisotopic (exact) mass is 542 g/mol. The van der Waals surface area contributed by atoms with E-state index >= 15 is 0 Å². The lowest BCUT2D eigenvalue weighted by molar-refractivity contribution is -0.178. The number of benzene rings is 1. The van der Waals surface area contributed by atoms with Gasteiger partial charge in [-0.25, -0.2) is 0 Å². The van der Waals surface area contributed by atoms with Gasteiger partial charge in [-0.1, -0.05) is 13.8 Å². The van der Waals surface area contributed by atoms with Gasteiger partial charge in [-0.2, -0.15) is 0 Å². The van der Waals surface area contributed by atoms with E-state index in [2.05, 4.69) is 19.2 Å². The molecule has 0 saturated heterocycles. The van der Waals surface area contributed by atoms with E-state index in [0.717, 1.165) is 12.2 Å². The second kappa shape index (κ2) is 10.1. The van der Waals surface area contributed by atoms with Crippen molar-refractivity contribution in [3.8, 4) is 5.75 Å². The van der Waals surface area contributed by atoms with Crippen LogP contribution in [0.4, 0.5) is 5.69 Å².